The van der Waals surface area contributed by atoms with Crippen molar-refractivity contribution in [3.05, 3.63) is 11.9 Å². The quantitative estimate of drug-likeness (QED) is 0.685. The highest BCUT2D eigenvalue weighted by atomic mass is 16.1. The molecule has 1 rings (SSSR count). The molecule has 0 saturated heterocycles. The van der Waals surface area contributed by atoms with Gasteiger partial charge in [0.1, 0.15) is 18.0 Å². The van der Waals surface area contributed by atoms with Crippen molar-refractivity contribution in [2.75, 3.05) is 30.3 Å². The van der Waals surface area contributed by atoms with Crippen molar-refractivity contribution in [1.29, 1.82) is 0 Å². The largest absolute Gasteiger partial charge is 0.370 e. The van der Waals surface area contributed by atoms with E-state index < -0.39 is 0 Å². The third kappa shape index (κ3) is 5.57. The molecule has 1 aromatic rings. The van der Waals surface area contributed by atoms with Crippen molar-refractivity contribution in [3.63, 3.8) is 0 Å². The standard InChI is InChI=1S/C15H27N5O/c1-6-16-14-13(11(4)5)15(20-9-19-14)18-8-12(21)17-7-10(2)3/h9-11H,6-8H2,1-5H3,(H,17,21)(H2,16,18,19,20). The van der Waals surface area contributed by atoms with Crippen LogP contribution in [0.4, 0.5) is 11.6 Å². The van der Waals surface area contributed by atoms with Gasteiger partial charge in [0.05, 0.1) is 6.54 Å². The van der Waals surface area contributed by atoms with E-state index in [1.54, 1.807) is 0 Å². The number of carbonyl (C=O) groups is 1. The summed E-state index contributed by atoms with van der Waals surface area (Å²) in [5.41, 5.74) is 1.01. The molecular formula is C15H27N5O. The van der Waals surface area contributed by atoms with Gasteiger partial charge in [-0.05, 0) is 18.8 Å². The van der Waals surface area contributed by atoms with Gasteiger partial charge in [-0.25, -0.2) is 9.97 Å². The Balaban J connectivity index is 2.74. The van der Waals surface area contributed by atoms with E-state index in [0.717, 1.165) is 23.7 Å². The normalized spacial score (nSPS) is 10.8. The van der Waals surface area contributed by atoms with Crippen molar-refractivity contribution in [2.45, 2.75) is 40.5 Å². The van der Waals surface area contributed by atoms with Gasteiger partial charge < -0.3 is 16.0 Å². The molecule has 6 nitrogen and oxygen atoms in total. The minimum Gasteiger partial charge on any atom is -0.370 e. The molecule has 1 heterocycles. The highest BCUT2D eigenvalue weighted by Crippen LogP contribution is 2.27. The van der Waals surface area contributed by atoms with Crippen LogP contribution in [0.2, 0.25) is 0 Å². The van der Waals surface area contributed by atoms with Crippen LogP contribution in [0.1, 0.15) is 46.1 Å². The molecule has 0 aromatic carbocycles. The Morgan fingerprint density at radius 1 is 1.14 bits per heavy atom. The number of aromatic nitrogens is 2. The predicted octanol–water partition coefficient (Wildman–Crippen LogP) is 2.22. The summed E-state index contributed by atoms with van der Waals surface area (Å²) in [4.78, 5) is 20.3. The second-order valence-corrected chi connectivity index (χ2v) is 5.72. The molecule has 0 spiro atoms. The Hall–Kier alpha value is -1.85. The first kappa shape index (κ1) is 17.2. The topological polar surface area (TPSA) is 78.9 Å². The summed E-state index contributed by atoms with van der Waals surface area (Å²) in [6, 6.07) is 0. The Bertz CT molecular complexity index is 459. The zero-order chi connectivity index (χ0) is 15.8. The number of hydrogen-bond acceptors (Lipinski definition) is 5. The van der Waals surface area contributed by atoms with Gasteiger partial charge in [0, 0.05) is 18.7 Å². The minimum atomic E-state index is -0.0259. The number of anilines is 2. The lowest BCUT2D eigenvalue weighted by Crippen LogP contribution is -2.33. The Morgan fingerprint density at radius 3 is 2.29 bits per heavy atom. The van der Waals surface area contributed by atoms with E-state index in [-0.39, 0.29) is 18.4 Å². The molecule has 0 radical (unpaired) electrons. The molecule has 0 bridgehead atoms. The highest BCUT2D eigenvalue weighted by molar-refractivity contribution is 5.80. The molecular weight excluding hydrogens is 266 g/mol. The van der Waals surface area contributed by atoms with Crippen LogP contribution in [-0.2, 0) is 4.79 Å². The summed E-state index contributed by atoms with van der Waals surface area (Å²) in [6.45, 7) is 12.0. The van der Waals surface area contributed by atoms with Crippen molar-refractivity contribution in [2.24, 2.45) is 5.92 Å². The molecule has 118 valence electrons. The average molecular weight is 293 g/mol. The van der Waals surface area contributed by atoms with Gasteiger partial charge >= 0.3 is 0 Å². The molecule has 3 N–H and O–H groups in total. The molecule has 0 aliphatic heterocycles. The van der Waals surface area contributed by atoms with Crippen LogP contribution in [0.25, 0.3) is 0 Å². The number of amides is 1. The van der Waals surface area contributed by atoms with Crippen LogP contribution < -0.4 is 16.0 Å². The van der Waals surface area contributed by atoms with Crippen LogP contribution in [0.3, 0.4) is 0 Å². The Morgan fingerprint density at radius 2 is 1.76 bits per heavy atom. The van der Waals surface area contributed by atoms with Crippen LogP contribution in [0.15, 0.2) is 6.33 Å². The average Bonchev–Trinajstić information content (AvgIpc) is 2.43. The van der Waals surface area contributed by atoms with Gasteiger partial charge in [-0.3, -0.25) is 4.79 Å². The first-order valence-electron chi connectivity index (χ1n) is 7.55. The van der Waals surface area contributed by atoms with Gasteiger partial charge in [0.2, 0.25) is 5.91 Å². The van der Waals surface area contributed by atoms with Gasteiger partial charge in [0.25, 0.3) is 0 Å². The number of hydrogen-bond donors (Lipinski definition) is 3. The molecule has 1 amide bonds. The molecule has 6 heteroatoms. The molecule has 0 fully saturated rings. The fraction of sp³-hybridized carbons (Fsp3) is 0.667. The van der Waals surface area contributed by atoms with Crippen molar-refractivity contribution < 1.29 is 4.79 Å². The van der Waals surface area contributed by atoms with Gasteiger partial charge in [0.15, 0.2) is 0 Å². The highest BCUT2D eigenvalue weighted by Gasteiger charge is 2.15. The fourth-order valence-electron chi connectivity index (χ4n) is 1.94. The maximum absolute atomic E-state index is 11.8. The van der Waals surface area contributed by atoms with Crippen LogP contribution >= 0.6 is 0 Å². The number of rotatable bonds is 8. The van der Waals surface area contributed by atoms with Crippen LogP contribution in [-0.4, -0.2) is 35.5 Å². The van der Waals surface area contributed by atoms with Crippen LogP contribution in [0, 0.1) is 5.92 Å². The second kappa shape index (κ2) is 8.44. The monoisotopic (exact) mass is 293 g/mol. The Labute approximate surface area is 127 Å². The molecule has 0 atom stereocenters. The number of nitrogens with one attached hydrogen (secondary N) is 3. The maximum Gasteiger partial charge on any atom is 0.239 e. The van der Waals surface area contributed by atoms with Crippen molar-refractivity contribution in [1.82, 2.24) is 15.3 Å². The first-order valence-corrected chi connectivity index (χ1v) is 7.55. The molecule has 0 aliphatic carbocycles. The Kier molecular flexibility index (Phi) is 6.91. The van der Waals surface area contributed by atoms with Gasteiger partial charge in [-0.15, -0.1) is 0 Å². The molecule has 0 aliphatic rings. The summed E-state index contributed by atoms with van der Waals surface area (Å²) >= 11 is 0. The van der Waals surface area contributed by atoms with E-state index in [1.807, 2.05) is 6.92 Å². The summed E-state index contributed by atoms with van der Waals surface area (Å²) in [5, 5.41) is 9.23. The number of nitrogens with zero attached hydrogens (tertiary/aromatic N) is 2. The SMILES string of the molecule is CCNc1ncnc(NCC(=O)NCC(C)C)c1C(C)C. The lowest BCUT2D eigenvalue weighted by atomic mass is 10.0. The summed E-state index contributed by atoms with van der Waals surface area (Å²) < 4.78 is 0. The fourth-order valence-corrected chi connectivity index (χ4v) is 1.94. The summed E-state index contributed by atoms with van der Waals surface area (Å²) in [6.07, 6.45) is 1.51. The molecule has 0 unspecified atom stereocenters. The van der Waals surface area contributed by atoms with Crippen molar-refractivity contribution in [3.8, 4) is 0 Å². The predicted molar refractivity (Wildman–Crippen MR) is 86.6 cm³/mol. The number of carbonyl (C=O) groups excluding carboxylic acids is 1. The third-order valence-corrected chi connectivity index (χ3v) is 2.93. The second-order valence-electron chi connectivity index (χ2n) is 5.72. The third-order valence-electron chi connectivity index (χ3n) is 2.93. The smallest absolute Gasteiger partial charge is 0.239 e. The maximum atomic E-state index is 11.8. The molecule has 0 saturated carbocycles. The van der Waals surface area contributed by atoms with Gasteiger partial charge in [-0.2, -0.15) is 0 Å². The van der Waals surface area contributed by atoms with E-state index in [1.165, 1.54) is 6.33 Å². The lowest BCUT2D eigenvalue weighted by molar-refractivity contribution is -0.119. The zero-order valence-electron chi connectivity index (χ0n) is 13.7. The van der Waals surface area contributed by atoms with Gasteiger partial charge in [-0.1, -0.05) is 27.7 Å². The van der Waals surface area contributed by atoms with E-state index in [4.69, 9.17) is 0 Å². The van der Waals surface area contributed by atoms with Crippen LogP contribution in [0.5, 0.6) is 0 Å². The first-order chi connectivity index (χ1) is 9.95. The van der Waals surface area contributed by atoms with E-state index >= 15 is 0 Å². The lowest BCUT2D eigenvalue weighted by Gasteiger charge is -2.17. The van der Waals surface area contributed by atoms with E-state index in [0.29, 0.717) is 12.5 Å². The molecule has 21 heavy (non-hydrogen) atoms. The zero-order valence-corrected chi connectivity index (χ0v) is 13.7. The van der Waals surface area contributed by atoms with E-state index in [9.17, 15) is 4.79 Å². The molecule has 1 aromatic heterocycles. The summed E-state index contributed by atoms with van der Waals surface area (Å²) in [7, 11) is 0. The van der Waals surface area contributed by atoms with Crippen molar-refractivity contribution >= 4 is 17.5 Å². The summed E-state index contributed by atoms with van der Waals surface area (Å²) in [5.74, 6) is 2.23. The minimum absolute atomic E-state index is 0.0259. The van der Waals surface area contributed by atoms with E-state index in [2.05, 4.69) is 53.6 Å².